The van der Waals surface area contributed by atoms with Crippen molar-refractivity contribution in [1.29, 1.82) is 0 Å². The number of nitrogens with one attached hydrogen (secondary N) is 1. The predicted octanol–water partition coefficient (Wildman–Crippen LogP) is 1.32. The molecule has 2 N–H and O–H groups in total. The van der Waals surface area contributed by atoms with Gasteiger partial charge in [0.05, 0.1) is 25.1 Å². The van der Waals surface area contributed by atoms with Crippen LogP contribution < -0.4 is 10.1 Å². The van der Waals surface area contributed by atoms with Gasteiger partial charge in [0.1, 0.15) is 11.6 Å². The Balaban J connectivity index is 1.57. The second-order valence-corrected chi connectivity index (χ2v) is 6.35. The number of nitrogens with zero attached hydrogens (tertiary/aromatic N) is 4. The van der Waals surface area contributed by atoms with Crippen molar-refractivity contribution in [3.63, 3.8) is 0 Å². The molecule has 1 saturated heterocycles. The number of hydrogen-bond acceptors (Lipinski definition) is 6. The highest BCUT2D eigenvalue weighted by Gasteiger charge is 2.27. The second kappa shape index (κ2) is 6.78. The van der Waals surface area contributed by atoms with Crippen LogP contribution in [0.5, 0.6) is 5.75 Å². The number of benzene rings is 1. The Morgan fingerprint density at radius 3 is 2.92 bits per heavy atom. The van der Waals surface area contributed by atoms with Gasteiger partial charge in [-0.2, -0.15) is 5.10 Å². The second-order valence-electron chi connectivity index (χ2n) is 6.35. The van der Waals surface area contributed by atoms with E-state index in [0.29, 0.717) is 24.6 Å². The molecule has 3 aromatic rings. The van der Waals surface area contributed by atoms with Gasteiger partial charge in [0, 0.05) is 24.9 Å². The first-order valence-corrected chi connectivity index (χ1v) is 8.45. The molecule has 130 valence electrons. The molecular weight excluding hydrogens is 318 g/mol. The molecule has 0 aliphatic carbocycles. The number of piperidine rings is 1. The molecule has 1 aliphatic rings. The fourth-order valence-corrected chi connectivity index (χ4v) is 3.20. The number of methoxy groups -OCH3 is 1. The Hall–Kier alpha value is -2.51. The van der Waals surface area contributed by atoms with Crippen molar-refractivity contribution >= 4 is 11.0 Å². The zero-order valence-electron chi connectivity index (χ0n) is 14.1. The Morgan fingerprint density at radius 2 is 2.16 bits per heavy atom. The molecule has 0 bridgehead atoms. The molecule has 1 fully saturated rings. The van der Waals surface area contributed by atoms with E-state index in [9.17, 15) is 5.11 Å². The number of β-amino-alcohol motifs (C(OH)–C–C–N with tert-alkyl or cyclic N) is 1. The molecule has 2 atom stereocenters. The molecule has 1 aromatic carbocycles. The van der Waals surface area contributed by atoms with Gasteiger partial charge < -0.3 is 15.2 Å². The van der Waals surface area contributed by atoms with Crippen molar-refractivity contribution < 1.29 is 9.84 Å². The minimum absolute atomic E-state index is 0.0302. The Bertz CT molecular complexity index is 862. The fraction of sp³-hybridized carbons (Fsp3) is 0.389. The molecule has 25 heavy (non-hydrogen) atoms. The minimum Gasteiger partial charge on any atom is -0.497 e. The van der Waals surface area contributed by atoms with E-state index >= 15 is 0 Å². The molecule has 4 rings (SSSR count). The molecule has 1 aliphatic heterocycles. The minimum atomic E-state index is -0.451. The van der Waals surface area contributed by atoms with Gasteiger partial charge >= 0.3 is 0 Å². The van der Waals surface area contributed by atoms with E-state index in [0.717, 1.165) is 29.7 Å². The third-order valence-electron chi connectivity index (χ3n) is 4.61. The lowest BCUT2D eigenvalue weighted by Crippen LogP contribution is -2.39. The first kappa shape index (κ1) is 16.0. The number of aliphatic hydroxyl groups is 1. The molecule has 0 radical (unpaired) electrons. The Morgan fingerprint density at radius 1 is 1.32 bits per heavy atom. The van der Waals surface area contributed by atoms with Crippen LogP contribution in [-0.2, 0) is 6.54 Å². The summed E-state index contributed by atoms with van der Waals surface area (Å²) >= 11 is 0. The summed E-state index contributed by atoms with van der Waals surface area (Å²) in [4.78, 5) is 9.04. The van der Waals surface area contributed by atoms with Crippen LogP contribution in [0.2, 0.25) is 0 Å². The third-order valence-corrected chi connectivity index (χ3v) is 4.61. The van der Waals surface area contributed by atoms with Crippen LogP contribution in [0.4, 0.5) is 0 Å². The molecular formula is C18H21N5O2. The van der Waals surface area contributed by atoms with Crippen LogP contribution >= 0.6 is 0 Å². The lowest BCUT2D eigenvalue weighted by atomic mass is 9.94. The van der Waals surface area contributed by atoms with Crippen LogP contribution in [0.1, 0.15) is 23.7 Å². The molecule has 7 heteroatoms. The quantitative estimate of drug-likeness (QED) is 0.746. The highest BCUT2D eigenvalue weighted by atomic mass is 16.5. The smallest absolute Gasteiger partial charge is 0.184 e. The summed E-state index contributed by atoms with van der Waals surface area (Å²) < 4.78 is 7.05. The predicted molar refractivity (Wildman–Crippen MR) is 93.7 cm³/mol. The topological polar surface area (TPSA) is 85.1 Å². The summed E-state index contributed by atoms with van der Waals surface area (Å²) in [5.41, 5.74) is 1.81. The van der Waals surface area contributed by atoms with Crippen molar-refractivity contribution in [2.75, 3.05) is 20.2 Å². The summed E-state index contributed by atoms with van der Waals surface area (Å²) in [6.07, 6.45) is 4.12. The zero-order valence-corrected chi connectivity index (χ0v) is 14.1. The van der Waals surface area contributed by atoms with Crippen molar-refractivity contribution in [3.8, 4) is 5.75 Å². The molecule has 0 spiro atoms. The monoisotopic (exact) mass is 339 g/mol. The van der Waals surface area contributed by atoms with E-state index in [2.05, 4.69) is 20.4 Å². The van der Waals surface area contributed by atoms with Crippen LogP contribution in [0, 0.1) is 0 Å². The van der Waals surface area contributed by atoms with Gasteiger partial charge in [-0.15, -0.1) is 0 Å². The van der Waals surface area contributed by atoms with Gasteiger partial charge in [-0.3, -0.25) is 4.68 Å². The van der Waals surface area contributed by atoms with Crippen LogP contribution in [0.15, 0.2) is 36.7 Å². The van der Waals surface area contributed by atoms with E-state index < -0.39 is 6.10 Å². The summed E-state index contributed by atoms with van der Waals surface area (Å²) in [6, 6.07) is 7.92. The largest absolute Gasteiger partial charge is 0.497 e. The van der Waals surface area contributed by atoms with Gasteiger partial charge in [-0.05, 0) is 30.7 Å². The van der Waals surface area contributed by atoms with Crippen LogP contribution in [0.25, 0.3) is 11.0 Å². The summed E-state index contributed by atoms with van der Waals surface area (Å²) in [5.74, 6) is 1.49. The number of ether oxygens (including phenoxy) is 1. The number of rotatable bonds is 4. The van der Waals surface area contributed by atoms with Crippen molar-refractivity contribution in [2.45, 2.75) is 25.0 Å². The number of aliphatic hydroxyl groups excluding tert-OH is 1. The average molecular weight is 339 g/mol. The standard InChI is InChI=1S/C18H21N5O2/c1-25-14-4-2-12(3-5-14)10-23-11-13-8-20-18(21-17(13)22-23)15-6-7-19-9-16(15)24/h2-5,8,11,15-16,19,24H,6-7,9-10H2,1H3. The summed E-state index contributed by atoms with van der Waals surface area (Å²) in [6.45, 7) is 2.11. The molecule has 0 amide bonds. The van der Waals surface area contributed by atoms with E-state index in [-0.39, 0.29) is 5.92 Å². The summed E-state index contributed by atoms with van der Waals surface area (Å²) in [7, 11) is 1.66. The molecule has 7 nitrogen and oxygen atoms in total. The van der Waals surface area contributed by atoms with Crippen molar-refractivity contribution in [2.24, 2.45) is 0 Å². The lowest BCUT2D eigenvalue weighted by Gasteiger charge is -2.26. The highest BCUT2D eigenvalue weighted by Crippen LogP contribution is 2.24. The maximum atomic E-state index is 10.2. The number of aromatic nitrogens is 4. The maximum absolute atomic E-state index is 10.2. The first-order valence-electron chi connectivity index (χ1n) is 8.45. The number of hydrogen-bond donors (Lipinski definition) is 2. The molecule has 2 aromatic heterocycles. The van der Waals surface area contributed by atoms with Crippen LogP contribution in [0.3, 0.4) is 0 Å². The number of fused-ring (bicyclic) bond motifs is 1. The maximum Gasteiger partial charge on any atom is 0.184 e. The van der Waals surface area contributed by atoms with Gasteiger partial charge in [0.25, 0.3) is 0 Å². The van der Waals surface area contributed by atoms with E-state index in [1.165, 1.54) is 0 Å². The SMILES string of the molecule is COc1ccc(Cn2cc3cnc(C4CCNCC4O)nc3n2)cc1. The average Bonchev–Trinajstić information content (AvgIpc) is 3.04. The molecule has 2 unspecified atom stereocenters. The van der Waals surface area contributed by atoms with Crippen molar-refractivity contribution in [1.82, 2.24) is 25.1 Å². The molecule has 0 saturated carbocycles. The lowest BCUT2D eigenvalue weighted by molar-refractivity contribution is 0.115. The highest BCUT2D eigenvalue weighted by molar-refractivity contribution is 5.72. The Kier molecular flexibility index (Phi) is 4.33. The fourth-order valence-electron chi connectivity index (χ4n) is 3.20. The first-order chi connectivity index (χ1) is 12.2. The summed E-state index contributed by atoms with van der Waals surface area (Å²) in [5, 5.41) is 18.8. The Labute approximate surface area is 145 Å². The normalized spacial score (nSPS) is 20.7. The van der Waals surface area contributed by atoms with Gasteiger partial charge in [0.2, 0.25) is 0 Å². The van der Waals surface area contributed by atoms with Crippen molar-refractivity contribution in [3.05, 3.63) is 48.0 Å². The van der Waals surface area contributed by atoms with E-state index in [1.807, 2.05) is 35.1 Å². The van der Waals surface area contributed by atoms with Gasteiger partial charge in [-0.1, -0.05) is 12.1 Å². The van der Waals surface area contributed by atoms with Crippen LogP contribution in [-0.4, -0.2) is 51.2 Å². The van der Waals surface area contributed by atoms with E-state index in [4.69, 9.17) is 4.74 Å². The third kappa shape index (κ3) is 3.33. The van der Waals surface area contributed by atoms with Gasteiger partial charge in [0.15, 0.2) is 5.65 Å². The van der Waals surface area contributed by atoms with Gasteiger partial charge in [-0.25, -0.2) is 9.97 Å². The zero-order chi connectivity index (χ0) is 17.2. The molecule has 3 heterocycles. The van der Waals surface area contributed by atoms with E-state index in [1.54, 1.807) is 13.3 Å².